The van der Waals surface area contributed by atoms with Gasteiger partial charge in [-0.1, -0.05) is 30.4 Å². The molecule has 3 aliphatic carbocycles. The average Bonchev–Trinajstić information content (AvgIpc) is 2.73. The molecule has 0 spiro atoms. The van der Waals surface area contributed by atoms with Crippen LogP contribution in [-0.2, 0) is 0 Å². The van der Waals surface area contributed by atoms with Crippen LogP contribution in [0.3, 0.4) is 0 Å². The van der Waals surface area contributed by atoms with Crippen LogP contribution >= 0.6 is 0 Å². The quantitative estimate of drug-likeness (QED) is 0.674. The SMILES string of the molecule is O=C1C(=O)c2cc3c4c5c(ccc1c25)C=CC4CC=C3. The summed E-state index contributed by atoms with van der Waals surface area (Å²) in [6, 6.07) is 5.66. The molecule has 0 aliphatic heterocycles. The zero-order valence-electron chi connectivity index (χ0n) is 10.6. The van der Waals surface area contributed by atoms with Gasteiger partial charge in [-0.3, -0.25) is 9.59 Å². The van der Waals surface area contributed by atoms with Crippen molar-refractivity contribution in [3.63, 3.8) is 0 Å². The maximum Gasteiger partial charge on any atom is 0.234 e. The molecule has 0 saturated heterocycles. The Kier molecular flexibility index (Phi) is 1.63. The minimum absolute atomic E-state index is 0.356. The molecule has 0 amide bonds. The van der Waals surface area contributed by atoms with Crippen molar-refractivity contribution in [1.29, 1.82) is 0 Å². The molecule has 94 valence electrons. The monoisotopic (exact) mass is 258 g/mol. The van der Waals surface area contributed by atoms with Gasteiger partial charge in [-0.2, -0.15) is 0 Å². The second-order valence-electron chi connectivity index (χ2n) is 5.64. The van der Waals surface area contributed by atoms with Crippen LogP contribution in [0.25, 0.3) is 22.9 Å². The highest BCUT2D eigenvalue weighted by Crippen LogP contribution is 2.45. The van der Waals surface area contributed by atoms with E-state index in [1.54, 1.807) is 6.07 Å². The topological polar surface area (TPSA) is 34.1 Å². The lowest BCUT2D eigenvalue weighted by Crippen LogP contribution is -2.08. The van der Waals surface area contributed by atoms with Crippen LogP contribution in [0.15, 0.2) is 30.4 Å². The molecule has 0 saturated carbocycles. The Hall–Kier alpha value is -2.48. The van der Waals surface area contributed by atoms with E-state index in [0.717, 1.165) is 28.3 Å². The van der Waals surface area contributed by atoms with Crippen LogP contribution in [0.4, 0.5) is 0 Å². The number of carbonyl (C=O) groups is 2. The van der Waals surface area contributed by atoms with E-state index in [-0.39, 0.29) is 11.6 Å². The zero-order valence-corrected chi connectivity index (χ0v) is 10.6. The number of carbonyl (C=O) groups excluding carboxylic acids is 2. The van der Waals surface area contributed by atoms with E-state index in [1.807, 2.05) is 12.1 Å². The predicted octanol–water partition coefficient (Wildman–Crippen LogP) is 3.75. The molecule has 2 heteroatoms. The number of hydrogen-bond acceptors (Lipinski definition) is 2. The Labute approximate surface area is 115 Å². The lowest BCUT2D eigenvalue weighted by Gasteiger charge is -2.26. The standard InChI is InChI=1S/C18H10O2/c19-17-12-7-6-10-5-4-9-2-1-3-11-8-13(18(17)20)16(12)15(10)14(9)11/h1,3-9H,2H2. The number of benzene rings is 2. The molecule has 3 aliphatic rings. The van der Waals surface area contributed by atoms with E-state index in [9.17, 15) is 9.59 Å². The summed E-state index contributed by atoms with van der Waals surface area (Å²) >= 11 is 0. The number of ketones is 2. The maximum atomic E-state index is 12.2. The normalized spacial score (nSPS) is 21.1. The first kappa shape index (κ1) is 10.3. The Morgan fingerprint density at radius 2 is 1.75 bits per heavy atom. The highest BCUT2D eigenvalue weighted by atomic mass is 16.2. The van der Waals surface area contributed by atoms with E-state index in [1.165, 1.54) is 5.56 Å². The summed E-state index contributed by atoms with van der Waals surface area (Å²) < 4.78 is 0. The number of Topliss-reactive ketones (excluding diaryl/α,β-unsaturated/α-hetero) is 2. The van der Waals surface area contributed by atoms with Gasteiger partial charge in [0.1, 0.15) is 0 Å². The van der Waals surface area contributed by atoms with E-state index in [4.69, 9.17) is 0 Å². The molecule has 0 bridgehead atoms. The molecule has 0 radical (unpaired) electrons. The van der Waals surface area contributed by atoms with Crippen molar-refractivity contribution in [2.75, 3.05) is 0 Å². The molecule has 1 unspecified atom stereocenters. The Bertz CT molecular complexity index is 913. The zero-order chi connectivity index (χ0) is 13.4. The summed E-state index contributed by atoms with van der Waals surface area (Å²) in [5.41, 5.74) is 4.66. The fourth-order valence-electron chi connectivity index (χ4n) is 3.78. The van der Waals surface area contributed by atoms with Gasteiger partial charge in [-0.05, 0) is 40.6 Å². The van der Waals surface area contributed by atoms with Gasteiger partial charge < -0.3 is 0 Å². The molecular weight excluding hydrogens is 248 g/mol. The summed E-state index contributed by atoms with van der Waals surface area (Å²) in [6.07, 6.45) is 9.56. The van der Waals surface area contributed by atoms with Crippen LogP contribution in [0.5, 0.6) is 0 Å². The average molecular weight is 258 g/mol. The second-order valence-corrected chi connectivity index (χ2v) is 5.64. The number of hydrogen-bond donors (Lipinski definition) is 0. The van der Waals surface area contributed by atoms with Gasteiger partial charge in [0, 0.05) is 22.4 Å². The molecule has 20 heavy (non-hydrogen) atoms. The largest absolute Gasteiger partial charge is 0.285 e. The predicted molar refractivity (Wildman–Crippen MR) is 78.0 cm³/mol. The van der Waals surface area contributed by atoms with Gasteiger partial charge in [0.2, 0.25) is 11.6 Å². The summed E-state index contributed by atoms with van der Waals surface area (Å²) in [5, 5.41) is 1.99. The first-order valence-electron chi connectivity index (χ1n) is 6.83. The van der Waals surface area contributed by atoms with Crippen molar-refractivity contribution in [3.05, 3.63) is 58.2 Å². The van der Waals surface area contributed by atoms with Crippen LogP contribution < -0.4 is 0 Å². The third-order valence-electron chi connectivity index (χ3n) is 4.65. The molecule has 5 rings (SSSR count). The second kappa shape index (κ2) is 3.15. The van der Waals surface area contributed by atoms with Crippen molar-refractivity contribution in [2.45, 2.75) is 12.3 Å². The molecule has 2 nitrogen and oxygen atoms in total. The van der Waals surface area contributed by atoms with Crippen molar-refractivity contribution < 1.29 is 9.59 Å². The van der Waals surface area contributed by atoms with Crippen LogP contribution in [0, 0.1) is 0 Å². The maximum absolute atomic E-state index is 12.2. The Morgan fingerprint density at radius 3 is 2.65 bits per heavy atom. The molecule has 1 atom stereocenters. The lowest BCUT2D eigenvalue weighted by atomic mass is 9.78. The van der Waals surface area contributed by atoms with Gasteiger partial charge in [-0.25, -0.2) is 0 Å². The lowest BCUT2D eigenvalue weighted by molar-refractivity contribution is 0.0825. The van der Waals surface area contributed by atoms with E-state index in [2.05, 4.69) is 24.3 Å². The smallest absolute Gasteiger partial charge is 0.234 e. The third-order valence-corrected chi connectivity index (χ3v) is 4.65. The minimum atomic E-state index is -0.357. The first-order chi connectivity index (χ1) is 9.75. The number of allylic oxidation sites excluding steroid dienone is 2. The van der Waals surface area contributed by atoms with Crippen molar-refractivity contribution in [2.24, 2.45) is 0 Å². The molecule has 2 aromatic carbocycles. The van der Waals surface area contributed by atoms with E-state index < -0.39 is 0 Å². The van der Waals surface area contributed by atoms with E-state index in [0.29, 0.717) is 17.0 Å². The molecule has 2 aromatic rings. The van der Waals surface area contributed by atoms with Gasteiger partial charge in [0.05, 0.1) is 0 Å². The highest BCUT2D eigenvalue weighted by Gasteiger charge is 2.35. The van der Waals surface area contributed by atoms with Crippen LogP contribution in [0.1, 0.15) is 49.7 Å². The Balaban J connectivity index is 2.10. The summed E-state index contributed by atoms with van der Waals surface area (Å²) in [5.74, 6) is -0.341. The fraction of sp³-hybridized carbons (Fsp3) is 0.111. The van der Waals surface area contributed by atoms with E-state index >= 15 is 0 Å². The van der Waals surface area contributed by atoms with Gasteiger partial charge in [-0.15, -0.1) is 0 Å². The van der Waals surface area contributed by atoms with Gasteiger partial charge in [0.15, 0.2) is 0 Å². The van der Waals surface area contributed by atoms with Gasteiger partial charge >= 0.3 is 0 Å². The summed E-state index contributed by atoms with van der Waals surface area (Å²) in [4.78, 5) is 24.3. The first-order valence-corrected chi connectivity index (χ1v) is 6.83. The van der Waals surface area contributed by atoms with Gasteiger partial charge in [0.25, 0.3) is 0 Å². The third kappa shape index (κ3) is 0.989. The fourth-order valence-corrected chi connectivity index (χ4v) is 3.78. The summed E-state index contributed by atoms with van der Waals surface area (Å²) in [7, 11) is 0. The van der Waals surface area contributed by atoms with Crippen molar-refractivity contribution >= 4 is 34.5 Å². The molecule has 0 heterocycles. The minimum Gasteiger partial charge on any atom is -0.285 e. The molecular formula is C18H10O2. The van der Waals surface area contributed by atoms with Crippen LogP contribution in [0.2, 0.25) is 0 Å². The number of rotatable bonds is 0. The molecule has 0 N–H and O–H groups in total. The molecule has 0 fully saturated rings. The van der Waals surface area contributed by atoms with Crippen LogP contribution in [-0.4, -0.2) is 11.6 Å². The Morgan fingerprint density at radius 1 is 0.900 bits per heavy atom. The highest BCUT2D eigenvalue weighted by molar-refractivity contribution is 6.57. The van der Waals surface area contributed by atoms with Crippen molar-refractivity contribution in [1.82, 2.24) is 0 Å². The van der Waals surface area contributed by atoms with Crippen molar-refractivity contribution in [3.8, 4) is 0 Å². The summed E-state index contributed by atoms with van der Waals surface area (Å²) in [6.45, 7) is 0. The molecule has 0 aromatic heterocycles.